The zero-order valence-electron chi connectivity index (χ0n) is 18.1. The SMILES string of the molecule is Cc1c(CN2CCN(C(=O)C3CCCC3)CC2)cc(F)cc1NC(=O)C1CCCC1. The van der Waals surface area contributed by atoms with E-state index in [0.717, 1.165) is 75.8 Å². The molecule has 1 aliphatic heterocycles. The molecule has 0 radical (unpaired) electrons. The summed E-state index contributed by atoms with van der Waals surface area (Å²) in [6, 6.07) is 3.01. The first-order chi connectivity index (χ1) is 14.5. The van der Waals surface area contributed by atoms with E-state index in [9.17, 15) is 14.0 Å². The van der Waals surface area contributed by atoms with Crippen LogP contribution in [-0.2, 0) is 16.1 Å². The van der Waals surface area contributed by atoms with E-state index in [1.165, 1.54) is 18.9 Å². The molecule has 0 unspecified atom stereocenters. The first-order valence-electron chi connectivity index (χ1n) is 11.6. The fourth-order valence-corrected chi connectivity index (χ4v) is 5.25. The lowest BCUT2D eigenvalue weighted by Gasteiger charge is -2.36. The van der Waals surface area contributed by atoms with Gasteiger partial charge in [-0.25, -0.2) is 4.39 Å². The van der Waals surface area contributed by atoms with Gasteiger partial charge in [0.1, 0.15) is 5.82 Å². The quantitative estimate of drug-likeness (QED) is 0.788. The molecule has 3 fully saturated rings. The Morgan fingerprint density at radius 1 is 0.967 bits per heavy atom. The summed E-state index contributed by atoms with van der Waals surface area (Å²) in [6.45, 7) is 5.69. The summed E-state index contributed by atoms with van der Waals surface area (Å²) in [4.78, 5) is 29.4. The fourth-order valence-electron chi connectivity index (χ4n) is 5.25. The van der Waals surface area contributed by atoms with Crippen LogP contribution in [0.3, 0.4) is 0 Å². The molecule has 0 bridgehead atoms. The Kier molecular flexibility index (Phi) is 6.71. The molecular weight excluding hydrogens is 381 g/mol. The number of hydrogen-bond donors (Lipinski definition) is 1. The number of carbonyl (C=O) groups excluding carboxylic acids is 2. The molecule has 1 aromatic carbocycles. The van der Waals surface area contributed by atoms with Crippen LogP contribution in [0.25, 0.3) is 0 Å². The van der Waals surface area contributed by atoms with Gasteiger partial charge in [0.15, 0.2) is 0 Å². The molecule has 0 atom stereocenters. The van der Waals surface area contributed by atoms with Crippen molar-refractivity contribution in [1.82, 2.24) is 9.80 Å². The molecule has 1 N–H and O–H groups in total. The third kappa shape index (κ3) is 4.85. The Labute approximate surface area is 179 Å². The molecule has 1 aromatic rings. The van der Waals surface area contributed by atoms with Crippen molar-refractivity contribution in [2.45, 2.75) is 64.8 Å². The van der Waals surface area contributed by atoms with Gasteiger partial charge < -0.3 is 10.2 Å². The summed E-state index contributed by atoms with van der Waals surface area (Å²) in [5, 5.41) is 2.97. The van der Waals surface area contributed by atoms with Gasteiger partial charge in [-0.2, -0.15) is 0 Å². The first kappa shape index (κ1) is 21.3. The van der Waals surface area contributed by atoms with Crippen molar-refractivity contribution in [3.63, 3.8) is 0 Å². The van der Waals surface area contributed by atoms with Gasteiger partial charge in [0.25, 0.3) is 0 Å². The number of nitrogens with zero attached hydrogens (tertiary/aromatic N) is 2. The summed E-state index contributed by atoms with van der Waals surface area (Å²) in [5.41, 5.74) is 2.44. The molecular formula is C24H34FN3O2. The lowest BCUT2D eigenvalue weighted by atomic mass is 10.0. The van der Waals surface area contributed by atoms with E-state index >= 15 is 0 Å². The molecule has 2 aliphatic carbocycles. The largest absolute Gasteiger partial charge is 0.340 e. The van der Waals surface area contributed by atoms with Crippen molar-refractivity contribution in [3.8, 4) is 0 Å². The maximum atomic E-state index is 14.3. The highest BCUT2D eigenvalue weighted by Gasteiger charge is 2.29. The summed E-state index contributed by atoms with van der Waals surface area (Å²) >= 11 is 0. The van der Waals surface area contributed by atoms with Gasteiger partial charge in [-0.3, -0.25) is 14.5 Å². The van der Waals surface area contributed by atoms with E-state index in [4.69, 9.17) is 0 Å². The van der Waals surface area contributed by atoms with Crippen molar-refractivity contribution >= 4 is 17.5 Å². The van der Waals surface area contributed by atoms with Crippen molar-refractivity contribution < 1.29 is 14.0 Å². The van der Waals surface area contributed by atoms with Crippen LogP contribution in [0, 0.1) is 24.6 Å². The van der Waals surface area contributed by atoms with Crippen molar-refractivity contribution in [2.24, 2.45) is 11.8 Å². The molecule has 164 valence electrons. The second-order valence-corrected chi connectivity index (χ2v) is 9.29. The molecule has 1 heterocycles. The van der Waals surface area contributed by atoms with Crippen molar-refractivity contribution in [1.29, 1.82) is 0 Å². The third-order valence-electron chi connectivity index (χ3n) is 7.25. The zero-order chi connectivity index (χ0) is 21.1. The lowest BCUT2D eigenvalue weighted by Crippen LogP contribution is -2.49. The number of anilines is 1. The summed E-state index contributed by atoms with van der Waals surface area (Å²) in [6.07, 6.45) is 8.48. The van der Waals surface area contributed by atoms with Gasteiger partial charge in [-0.05, 0) is 55.9 Å². The third-order valence-corrected chi connectivity index (χ3v) is 7.25. The molecule has 0 aromatic heterocycles. The van der Waals surface area contributed by atoms with E-state index in [2.05, 4.69) is 10.2 Å². The van der Waals surface area contributed by atoms with Crippen LogP contribution >= 0.6 is 0 Å². The number of amides is 2. The van der Waals surface area contributed by atoms with Gasteiger partial charge in [-0.15, -0.1) is 0 Å². The van der Waals surface area contributed by atoms with E-state index < -0.39 is 0 Å². The van der Waals surface area contributed by atoms with E-state index in [1.54, 1.807) is 6.07 Å². The van der Waals surface area contributed by atoms with Crippen molar-refractivity contribution in [3.05, 3.63) is 29.1 Å². The molecule has 2 amide bonds. The topological polar surface area (TPSA) is 52.6 Å². The second kappa shape index (κ2) is 9.46. The molecule has 1 saturated heterocycles. The molecule has 6 heteroatoms. The average Bonchev–Trinajstić information content (AvgIpc) is 3.45. The van der Waals surface area contributed by atoms with Crippen LogP contribution < -0.4 is 5.32 Å². The lowest BCUT2D eigenvalue weighted by molar-refractivity contribution is -0.137. The Balaban J connectivity index is 1.36. The van der Waals surface area contributed by atoms with E-state index in [0.29, 0.717) is 18.1 Å². The smallest absolute Gasteiger partial charge is 0.227 e. The number of nitrogens with one attached hydrogen (secondary N) is 1. The Hall–Kier alpha value is -1.95. The summed E-state index contributed by atoms with van der Waals surface area (Å²) in [5.74, 6) is 0.319. The average molecular weight is 416 g/mol. The molecule has 0 spiro atoms. The standard InChI is InChI=1S/C24H34FN3O2/c1-17-20(14-21(25)15-22(17)26-23(29)18-6-2-3-7-18)16-27-10-12-28(13-11-27)24(30)19-8-4-5-9-19/h14-15,18-19H,2-13,16H2,1H3,(H,26,29). The molecule has 30 heavy (non-hydrogen) atoms. The van der Waals surface area contributed by atoms with Gasteiger partial charge >= 0.3 is 0 Å². The van der Waals surface area contributed by atoms with Crippen LogP contribution in [0.15, 0.2) is 12.1 Å². The highest BCUT2D eigenvalue weighted by molar-refractivity contribution is 5.93. The van der Waals surface area contributed by atoms with Crippen LogP contribution in [-0.4, -0.2) is 47.8 Å². The Bertz CT molecular complexity index is 777. The highest BCUT2D eigenvalue weighted by atomic mass is 19.1. The number of hydrogen-bond acceptors (Lipinski definition) is 3. The minimum Gasteiger partial charge on any atom is -0.340 e. The Morgan fingerprint density at radius 2 is 1.57 bits per heavy atom. The van der Waals surface area contributed by atoms with Crippen LogP contribution in [0.2, 0.25) is 0 Å². The van der Waals surface area contributed by atoms with E-state index in [1.807, 2.05) is 11.8 Å². The number of benzene rings is 1. The molecule has 2 saturated carbocycles. The van der Waals surface area contributed by atoms with E-state index in [-0.39, 0.29) is 23.6 Å². The highest BCUT2D eigenvalue weighted by Crippen LogP contribution is 2.29. The van der Waals surface area contributed by atoms with Gasteiger partial charge in [0, 0.05) is 50.2 Å². The fraction of sp³-hybridized carbons (Fsp3) is 0.667. The molecule has 3 aliphatic rings. The van der Waals surface area contributed by atoms with Crippen molar-refractivity contribution in [2.75, 3.05) is 31.5 Å². The number of rotatable bonds is 5. The minimum absolute atomic E-state index is 0.0196. The van der Waals surface area contributed by atoms with Crippen LogP contribution in [0.5, 0.6) is 0 Å². The molecule has 5 nitrogen and oxygen atoms in total. The van der Waals surface area contributed by atoms with Gasteiger partial charge in [0.05, 0.1) is 0 Å². The van der Waals surface area contributed by atoms with Gasteiger partial charge in [-0.1, -0.05) is 25.7 Å². The summed E-state index contributed by atoms with van der Waals surface area (Å²) in [7, 11) is 0. The first-order valence-corrected chi connectivity index (χ1v) is 11.6. The molecule has 4 rings (SSSR count). The van der Waals surface area contributed by atoms with Gasteiger partial charge in [0.2, 0.25) is 11.8 Å². The predicted molar refractivity (Wildman–Crippen MR) is 116 cm³/mol. The number of piperazine rings is 1. The summed E-state index contributed by atoms with van der Waals surface area (Å²) < 4.78 is 14.3. The predicted octanol–water partition coefficient (Wildman–Crippen LogP) is 4.10. The maximum Gasteiger partial charge on any atom is 0.227 e. The second-order valence-electron chi connectivity index (χ2n) is 9.29. The monoisotopic (exact) mass is 415 g/mol. The minimum atomic E-state index is -0.313. The zero-order valence-corrected chi connectivity index (χ0v) is 18.1. The maximum absolute atomic E-state index is 14.3. The normalized spacial score (nSPS) is 21.3. The number of carbonyl (C=O) groups is 2. The Morgan fingerprint density at radius 3 is 2.20 bits per heavy atom. The van der Waals surface area contributed by atoms with Crippen LogP contribution in [0.4, 0.5) is 10.1 Å². The van der Waals surface area contributed by atoms with Crippen LogP contribution in [0.1, 0.15) is 62.5 Å². The number of halogens is 1.